The third kappa shape index (κ3) is 3.95. The van der Waals surface area contributed by atoms with Gasteiger partial charge in [-0.25, -0.2) is 4.79 Å². The standard InChI is InChI=1S/C21H30N4O2/c1-16-5-2-3-11-24(16)19-14-23(15-19)21(27)22-13-17-7-9-18(10-8-17)25-12-4-6-20(25)26/h7-10,16,19H,2-6,11-15H2,1H3,(H,22,27). The topological polar surface area (TPSA) is 55.9 Å². The average Bonchev–Trinajstić information content (AvgIpc) is 3.07. The fourth-order valence-electron chi connectivity index (χ4n) is 4.50. The van der Waals surface area contributed by atoms with Crippen LogP contribution in [0.4, 0.5) is 10.5 Å². The van der Waals surface area contributed by atoms with Gasteiger partial charge in [-0.05, 0) is 50.4 Å². The zero-order valence-corrected chi connectivity index (χ0v) is 16.2. The zero-order chi connectivity index (χ0) is 18.8. The fraction of sp³-hybridized carbons (Fsp3) is 0.619. The predicted molar refractivity (Wildman–Crippen MR) is 106 cm³/mol. The Balaban J connectivity index is 1.22. The van der Waals surface area contributed by atoms with Crippen LogP contribution in [0.25, 0.3) is 0 Å². The summed E-state index contributed by atoms with van der Waals surface area (Å²) in [6, 6.07) is 9.14. The second kappa shape index (κ2) is 7.89. The molecule has 1 unspecified atom stereocenters. The van der Waals surface area contributed by atoms with Gasteiger partial charge < -0.3 is 15.1 Å². The van der Waals surface area contributed by atoms with Crippen molar-refractivity contribution in [1.29, 1.82) is 0 Å². The highest BCUT2D eigenvalue weighted by Crippen LogP contribution is 2.25. The predicted octanol–water partition coefficient (Wildman–Crippen LogP) is 2.58. The number of carbonyl (C=O) groups is 2. The van der Waals surface area contributed by atoms with Crippen LogP contribution in [0.15, 0.2) is 24.3 Å². The summed E-state index contributed by atoms with van der Waals surface area (Å²) < 4.78 is 0. The van der Waals surface area contributed by atoms with Gasteiger partial charge in [0.2, 0.25) is 5.91 Å². The summed E-state index contributed by atoms with van der Waals surface area (Å²) in [7, 11) is 0. The van der Waals surface area contributed by atoms with E-state index in [1.807, 2.05) is 34.1 Å². The lowest BCUT2D eigenvalue weighted by atomic mass is 9.98. The number of benzene rings is 1. The van der Waals surface area contributed by atoms with Crippen molar-refractivity contribution in [2.45, 2.75) is 57.7 Å². The number of urea groups is 1. The van der Waals surface area contributed by atoms with Gasteiger partial charge in [-0.1, -0.05) is 18.6 Å². The van der Waals surface area contributed by atoms with E-state index in [4.69, 9.17) is 0 Å². The molecule has 3 fully saturated rings. The quantitative estimate of drug-likeness (QED) is 0.886. The maximum atomic E-state index is 12.4. The van der Waals surface area contributed by atoms with Crippen molar-refractivity contribution in [2.24, 2.45) is 0 Å². The van der Waals surface area contributed by atoms with Crippen molar-refractivity contribution in [3.8, 4) is 0 Å². The molecule has 0 aromatic heterocycles. The van der Waals surface area contributed by atoms with Crippen molar-refractivity contribution >= 4 is 17.6 Å². The van der Waals surface area contributed by atoms with Crippen LogP contribution in [0.3, 0.4) is 0 Å². The van der Waals surface area contributed by atoms with Gasteiger partial charge in [-0.15, -0.1) is 0 Å². The largest absolute Gasteiger partial charge is 0.334 e. The molecule has 3 aliphatic heterocycles. The summed E-state index contributed by atoms with van der Waals surface area (Å²) in [6.07, 6.45) is 5.47. The molecular weight excluding hydrogens is 340 g/mol. The summed E-state index contributed by atoms with van der Waals surface area (Å²) in [4.78, 5) is 30.5. The van der Waals surface area contributed by atoms with Gasteiger partial charge in [-0.3, -0.25) is 9.69 Å². The lowest BCUT2D eigenvalue weighted by Crippen LogP contribution is -2.64. The number of piperidine rings is 1. The molecule has 1 atom stereocenters. The van der Waals surface area contributed by atoms with Gasteiger partial charge in [0.1, 0.15) is 0 Å². The Morgan fingerprint density at radius 1 is 1.11 bits per heavy atom. The first-order valence-electron chi connectivity index (χ1n) is 10.3. The highest BCUT2D eigenvalue weighted by molar-refractivity contribution is 5.95. The number of anilines is 1. The van der Waals surface area contributed by atoms with Gasteiger partial charge >= 0.3 is 6.03 Å². The van der Waals surface area contributed by atoms with Crippen molar-refractivity contribution in [1.82, 2.24) is 15.1 Å². The van der Waals surface area contributed by atoms with E-state index in [0.29, 0.717) is 25.0 Å². The summed E-state index contributed by atoms with van der Waals surface area (Å²) >= 11 is 0. The Morgan fingerprint density at radius 2 is 1.89 bits per heavy atom. The first-order valence-corrected chi connectivity index (χ1v) is 10.3. The maximum Gasteiger partial charge on any atom is 0.317 e. The number of hydrogen-bond donors (Lipinski definition) is 1. The molecule has 3 saturated heterocycles. The normalized spacial score (nSPS) is 24.2. The minimum Gasteiger partial charge on any atom is -0.334 e. The van der Waals surface area contributed by atoms with Gasteiger partial charge in [0.05, 0.1) is 0 Å². The van der Waals surface area contributed by atoms with E-state index in [1.165, 1.54) is 25.8 Å². The van der Waals surface area contributed by atoms with E-state index < -0.39 is 0 Å². The molecule has 27 heavy (non-hydrogen) atoms. The Morgan fingerprint density at radius 3 is 2.56 bits per heavy atom. The number of amides is 3. The van der Waals surface area contributed by atoms with Gasteiger partial charge in [0.15, 0.2) is 0 Å². The molecular formula is C21H30N4O2. The van der Waals surface area contributed by atoms with Crippen molar-refractivity contribution < 1.29 is 9.59 Å². The van der Waals surface area contributed by atoms with E-state index in [1.54, 1.807) is 0 Å². The summed E-state index contributed by atoms with van der Waals surface area (Å²) in [5, 5.41) is 3.02. The third-order valence-electron chi connectivity index (χ3n) is 6.24. The van der Waals surface area contributed by atoms with Gasteiger partial charge in [-0.2, -0.15) is 0 Å². The minimum atomic E-state index is 0.0229. The monoisotopic (exact) mass is 370 g/mol. The Bertz CT molecular complexity index is 684. The van der Waals surface area contributed by atoms with Crippen LogP contribution in [0.2, 0.25) is 0 Å². The number of rotatable bonds is 4. The second-order valence-electron chi connectivity index (χ2n) is 8.12. The van der Waals surface area contributed by atoms with E-state index in [2.05, 4.69) is 17.1 Å². The Labute approximate surface area is 161 Å². The molecule has 6 heteroatoms. The molecule has 146 valence electrons. The molecule has 1 aromatic carbocycles. The van der Waals surface area contributed by atoms with E-state index in [0.717, 1.165) is 37.3 Å². The molecule has 3 amide bonds. The lowest BCUT2D eigenvalue weighted by Gasteiger charge is -2.49. The Kier molecular flexibility index (Phi) is 5.34. The number of nitrogens with zero attached hydrogens (tertiary/aromatic N) is 3. The highest BCUT2D eigenvalue weighted by Gasteiger charge is 2.37. The van der Waals surface area contributed by atoms with Crippen molar-refractivity contribution in [2.75, 3.05) is 31.1 Å². The van der Waals surface area contributed by atoms with Gasteiger partial charge in [0.25, 0.3) is 0 Å². The Hall–Kier alpha value is -2.08. The average molecular weight is 370 g/mol. The molecule has 3 aliphatic rings. The molecule has 4 rings (SSSR count). The van der Waals surface area contributed by atoms with Crippen LogP contribution in [-0.4, -0.2) is 60.0 Å². The molecule has 6 nitrogen and oxygen atoms in total. The van der Waals surface area contributed by atoms with Crippen LogP contribution in [-0.2, 0) is 11.3 Å². The molecule has 0 saturated carbocycles. The first kappa shape index (κ1) is 18.3. The van der Waals surface area contributed by atoms with E-state index in [9.17, 15) is 9.59 Å². The summed E-state index contributed by atoms with van der Waals surface area (Å²) in [6.45, 7) is 6.49. The van der Waals surface area contributed by atoms with E-state index in [-0.39, 0.29) is 11.9 Å². The van der Waals surface area contributed by atoms with Crippen molar-refractivity contribution in [3.63, 3.8) is 0 Å². The molecule has 0 aliphatic carbocycles. The third-order valence-corrected chi connectivity index (χ3v) is 6.24. The summed E-state index contributed by atoms with van der Waals surface area (Å²) in [5.74, 6) is 0.200. The first-order chi connectivity index (χ1) is 13.1. The van der Waals surface area contributed by atoms with Crippen LogP contribution < -0.4 is 10.2 Å². The molecule has 3 heterocycles. The molecule has 0 spiro atoms. The lowest BCUT2D eigenvalue weighted by molar-refractivity contribution is -0.117. The molecule has 1 aromatic rings. The van der Waals surface area contributed by atoms with Crippen LogP contribution >= 0.6 is 0 Å². The molecule has 0 bridgehead atoms. The molecule has 1 N–H and O–H groups in total. The number of nitrogens with one attached hydrogen (secondary N) is 1. The number of carbonyl (C=O) groups excluding carboxylic acids is 2. The summed E-state index contributed by atoms with van der Waals surface area (Å²) in [5.41, 5.74) is 2.01. The van der Waals surface area contributed by atoms with Gasteiger partial charge in [0, 0.05) is 50.4 Å². The van der Waals surface area contributed by atoms with Crippen molar-refractivity contribution in [3.05, 3.63) is 29.8 Å². The number of likely N-dealkylation sites (tertiary alicyclic amines) is 2. The highest BCUT2D eigenvalue weighted by atomic mass is 16.2. The molecule has 0 radical (unpaired) electrons. The maximum absolute atomic E-state index is 12.4. The smallest absolute Gasteiger partial charge is 0.317 e. The van der Waals surface area contributed by atoms with Crippen LogP contribution in [0.1, 0.15) is 44.6 Å². The second-order valence-corrected chi connectivity index (χ2v) is 8.12. The zero-order valence-electron chi connectivity index (χ0n) is 16.2. The van der Waals surface area contributed by atoms with E-state index >= 15 is 0 Å². The SMILES string of the molecule is CC1CCCCN1C1CN(C(=O)NCc2ccc(N3CCCC3=O)cc2)C1. The van der Waals surface area contributed by atoms with Crippen LogP contribution in [0.5, 0.6) is 0 Å². The fourth-order valence-corrected chi connectivity index (χ4v) is 4.50. The van der Waals surface area contributed by atoms with Crippen LogP contribution in [0, 0.1) is 0 Å². The number of hydrogen-bond acceptors (Lipinski definition) is 3. The minimum absolute atomic E-state index is 0.0229.